The highest BCUT2D eigenvalue weighted by Crippen LogP contribution is 2.42. The summed E-state index contributed by atoms with van der Waals surface area (Å²) >= 11 is 7.66. The highest BCUT2D eigenvalue weighted by molar-refractivity contribution is 14.1. The van der Waals surface area contributed by atoms with E-state index in [1.807, 2.05) is 22.6 Å². The number of benzene rings is 1. The standard InChI is InChI=1S/C16H18ClF3INO2/c1-14(2,21)13(23)24-15(5-7-22-8-6-15)10-3-4-12(17)11(9-10)16(18,19)20/h3-4,9,22H,5-8H2,1-2H3. The summed E-state index contributed by atoms with van der Waals surface area (Å²) in [7, 11) is 0. The third kappa shape index (κ3) is 4.35. The molecule has 0 spiro atoms. The molecule has 24 heavy (non-hydrogen) atoms. The second-order valence-corrected chi connectivity index (χ2v) is 9.40. The lowest BCUT2D eigenvalue weighted by Crippen LogP contribution is -2.45. The van der Waals surface area contributed by atoms with Crippen molar-refractivity contribution in [3.63, 3.8) is 0 Å². The molecular formula is C16H18ClF3INO2. The summed E-state index contributed by atoms with van der Waals surface area (Å²) in [6.45, 7) is 4.51. The van der Waals surface area contributed by atoms with Crippen LogP contribution in [-0.2, 0) is 21.3 Å². The van der Waals surface area contributed by atoms with Crippen LogP contribution in [0, 0.1) is 0 Å². The second kappa shape index (κ2) is 6.99. The summed E-state index contributed by atoms with van der Waals surface area (Å²) < 4.78 is 44.5. The molecule has 1 N–H and O–H groups in total. The van der Waals surface area contributed by atoms with E-state index in [1.54, 1.807) is 13.8 Å². The quantitative estimate of drug-likeness (QED) is 0.391. The fraction of sp³-hybridized carbons (Fsp3) is 0.562. The van der Waals surface area contributed by atoms with Gasteiger partial charge in [-0.15, -0.1) is 0 Å². The van der Waals surface area contributed by atoms with E-state index in [1.165, 1.54) is 12.1 Å². The largest absolute Gasteiger partial charge is 0.453 e. The second-order valence-electron chi connectivity index (χ2n) is 6.30. The van der Waals surface area contributed by atoms with Crippen LogP contribution < -0.4 is 5.32 Å². The molecule has 1 aliphatic heterocycles. The first-order chi connectivity index (χ1) is 11.0. The third-order valence-electron chi connectivity index (χ3n) is 3.98. The molecule has 1 heterocycles. The molecule has 1 aromatic carbocycles. The highest BCUT2D eigenvalue weighted by atomic mass is 127. The van der Waals surface area contributed by atoms with Crippen LogP contribution in [0.15, 0.2) is 18.2 Å². The van der Waals surface area contributed by atoms with Crippen molar-refractivity contribution in [2.75, 3.05) is 13.1 Å². The molecule has 1 aromatic rings. The summed E-state index contributed by atoms with van der Waals surface area (Å²) in [5.41, 5.74) is -1.66. The molecule has 0 atom stereocenters. The van der Waals surface area contributed by atoms with Crippen molar-refractivity contribution in [3.8, 4) is 0 Å². The zero-order valence-corrected chi connectivity index (χ0v) is 16.2. The fourth-order valence-corrected chi connectivity index (χ4v) is 2.94. The molecule has 0 saturated carbocycles. The SMILES string of the molecule is CC(C)(I)C(=O)OC1(c2ccc(Cl)c(C(F)(F)F)c2)CCNCC1. The smallest absolute Gasteiger partial charge is 0.417 e. The van der Waals surface area contributed by atoms with Gasteiger partial charge in [0.05, 0.1) is 10.6 Å². The van der Waals surface area contributed by atoms with Crippen molar-refractivity contribution in [2.45, 2.75) is 41.9 Å². The maximum Gasteiger partial charge on any atom is 0.417 e. The Morgan fingerprint density at radius 3 is 2.38 bits per heavy atom. The van der Waals surface area contributed by atoms with Crippen molar-refractivity contribution in [3.05, 3.63) is 34.3 Å². The number of halogens is 5. The lowest BCUT2D eigenvalue weighted by Gasteiger charge is -2.39. The van der Waals surface area contributed by atoms with Crippen LogP contribution in [0.4, 0.5) is 13.2 Å². The number of piperidine rings is 1. The Bertz CT molecular complexity index is 623. The van der Waals surface area contributed by atoms with Crippen LogP contribution in [0.25, 0.3) is 0 Å². The molecule has 1 saturated heterocycles. The van der Waals surface area contributed by atoms with Crippen molar-refractivity contribution < 1.29 is 22.7 Å². The number of hydrogen-bond donors (Lipinski definition) is 1. The van der Waals surface area contributed by atoms with Gasteiger partial charge >= 0.3 is 12.1 Å². The molecule has 0 bridgehead atoms. The maximum atomic E-state index is 13.2. The van der Waals surface area contributed by atoms with Crippen molar-refractivity contribution in [2.24, 2.45) is 0 Å². The summed E-state index contributed by atoms with van der Waals surface area (Å²) in [6.07, 6.45) is -3.75. The van der Waals surface area contributed by atoms with Crippen molar-refractivity contribution in [1.82, 2.24) is 5.32 Å². The normalized spacial score (nSPS) is 18.3. The monoisotopic (exact) mass is 475 g/mol. The van der Waals surface area contributed by atoms with Gasteiger partial charge in [-0.25, -0.2) is 0 Å². The molecule has 134 valence electrons. The van der Waals surface area contributed by atoms with Gasteiger partial charge in [0.25, 0.3) is 0 Å². The number of alkyl halides is 4. The summed E-state index contributed by atoms with van der Waals surface area (Å²) in [5.74, 6) is -0.450. The van der Waals surface area contributed by atoms with E-state index in [0.29, 0.717) is 31.5 Å². The fourth-order valence-electron chi connectivity index (χ4n) is 2.60. The first-order valence-corrected chi connectivity index (χ1v) is 8.92. The van der Waals surface area contributed by atoms with E-state index in [4.69, 9.17) is 16.3 Å². The Morgan fingerprint density at radius 2 is 1.88 bits per heavy atom. The highest BCUT2D eigenvalue weighted by Gasteiger charge is 2.43. The number of hydrogen-bond acceptors (Lipinski definition) is 3. The molecule has 8 heteroatoms. The number of ether oxygens (including phenoxy) is 1. The first kappa shape index (κ1) is 19.8. The van der Waals surface area contributed by atoms with E-state index in [0.717, 1.165) is 6.07 Å². The van der Waals surface area contributed by atoms with Gasteiger partial charge in [0.1, 0.15) is 9.02 Å². The molecule has 0 aromatic heterocycles. The van der Waals surface area contributed by atoms with Gasteiger partial charge in [-0.1, -0.05) is 40.3 Å². The van der Waals surface area contributed by atoms with Crippen LogP contribution in [0.2, 0.25) is 5.02 Å². The number of nitrogens with one attached hydrogen (secondary N) is 1. The van der Waals surface area contributed by atoms with Gasteiger partial charge in [-0.3, -0.25) is 4.79 Å². The topological polar surface area (TPSA) is 38.3 Å². The van der Waals surface area contributed by atoms with Crippen LogP contribution in [0.5, 0.6) is 0 Å². The molecule has 1 fully saturated rings. The van der Waals surface area contributed by atoms with E-state index in [-0.39, 0.29) is 5.02 Å². The van der Waals surface area contributed by atoms with Gasteiger partial charge in [-0.05, 0) is 44.6 Å². The molecular weight excluding hydrogens is 458 g/mol. The average molecular weight is 476 g/mol. The van der Waals surface area contributed by atoms with Gasteiger partial charge in [0, 0.05) is 12.8 Å². The molecule has 0 radical (unpaired) electrons. The van der Waals surface area contributed by atoms with Crippen LogP contribution in [0.3, 0.4) is 0 Å². The van der Waals surface area contributed by atoms with Gasteiger partial charge in [0.15, 0.2) is 0 Å². The summed E-state index contributed by atoms with van der Waals surface area (Å²) in [5, 5.41) is 2.77. The van der Waals surface area contributed by atoms with Crippen molar-refractivity contribution in [1.29, 1.82) is 0 Å². The Kier molecular flexibility index (Phi) is 5.76. The summed E-state index contributed by atoms with van der Waals surface area (Å²) in [6, 6.07) is 3.73. The molecule has 0 unspecified atom stereocenters. The number of carbonyl (C=O) groups excluding carboxylic acids is 1. The molecule has 1 aliphatic rings. The number of rotatable bonds is 3. The zero-order chi connectivity index (χ0) is 18.2. The minimum Gasteiger partial charge on any atom is -0.453 e. The Morgan fingerprint density at radius 1 is 1.29 bits per heavy atom. The minimum atomic E-state index is -4.56. The predicted molar refractivity (Wildman–Crippen MR) is 94.4 cm³/mol. The Balaban J connectivity index is 2.47. The Hall–Kier alpha value is -0.540. The lowest BCUT2D eigenvalue weighted by atomic mass is 9.83. The number of esters is 1. The zero-order valence-electron chi connectivity index (χ0n) is 13.3. The van der Waals surface area contributed by atoms with Gasteiger partial charge in [0.2, 0.25) is 0 Å². The van der Waals surface area contributed by atoms with E-state index in [9.17, 15) is 18.0 Å². The van der Waals surface area contributed by atoms with Gasteiger partial charge in [-0.2, -0.15) is 13.2 Å². The Labute approximate surface area is 157 Å². The lowest BCUT2D eigenvalue weighted by molar-refractivity contribution is -0.165. The van der Waals surface area contributed by atoms with Gasteiger partial charge < -0.3 is 10.1 Å². The molecule has 0 amide bonds. The number of carbonyl (C=O) groups is 1. The maximum absolute atomic E-state index is 13.2. The third-order valence-corrected chi connectivity index (χ3v) is 4.75. The molecule has 0 aliphatic carbocycles. The predicted octanol–water partition coefficient (Wildman–Crippen LogP) is 4.69. The average Bonchev–Trinajstić information content (AvgIpc) is 2.46. The van der Waals surface area contributed by atoms with Crippen LogP contribution in [0.1, 0.15) is 37.8 Å². The summed E-state index contributed by atoms with van der Waals surface area (Å²) in [4.78, 5) is 12.4. The van der Waals surface area contributed by atoms with E-state index < -0.39 is 26.7 Å². The molecule has 2 rings (SSSR count). The first-order valence-electron chi connectivity index (χ1n) is 7.46. The minimum absolute atomic E-state index is 0.328. The van der Waals surface area contributed by atoms with E-state index in [2.05, 4.69) is 5.32 Å². The van der Waals surface area contributed by atoms with E-state index >= 15 is 0 Å². The van der Waals surface area contributed by atoms with Crippen LogP contribution in [-0.4, -0.2) is 22.5 Å². The van der Waals surface area contributed by atoms with Crippen molar-refractivity contribution >= 4 is 40.2 Å². The molecule has 3 nitrogen and oxygen atoms in total. The van der Waals surface area contributed by atoms with Crippen LogP contribution >= 0.6 is 34.2 Å².